The number of nitriles is 1. The molecule has 1 amide bonds. The molecular weight excluding hydrogens is 392 g/mol. The van der Waals surface area contributed by atoms with Gasteiger partial charge in [0.25, 0.3) is 0 Å². The number of hydrogen-bond donors (Lipinski definition) is 2. The summed E-state index contributed by atoms with van der Waals surface area (Å²) in [6, 6.07) is 15.3. The van der Waals surface area contributed by atoms with Crippen LogP contribution in [0, 0.1) is 17.2 Å². The maximum atomic E-state index is 12.6. The first-order valence-electron chi connectivity index (χ1n) is 10.6. The Morgan fingerprint density at radius 1 is 1.29 bits per heavy atom. The van der Waals surface area contributed by atoms with Crippen LogP contribution in [0.2, 0.25) is 0 Å². The molecule has 0 saturated carbocycles. The van der Waals surface area contributed by atoms with Gasteiger partial charge in [-0.3, -0.25) is 9.36 Å². The van der Waals surface area contributed by atoms with Gasteiger partial charge in [0.15, 0.2) is 5.58 Å². The van der Waals surface area contributed by atoms with Gasteiger partial charge >= 0.3 is 5.76 Å². The summed E-state index contributed by atoms with van der Waals surface area (Å²) in [7, 11) is 1.68. The van der Waals surface area contributed by atoms with E-state index in [0.29, 0.717) is 12.0 Å². The number of rotatable bonds is 5. The third-order valence-corrected chi connectivity index (χ3v) is 6.09. The molecule has 7 nitrogen and oxygen atoms in total. The summed E-state index contributed by atoms with van der Waals surface area (Å²) in [5.41, 5.74) is 4.24. The molecule has 0 aliphatic carbocycles. The van der Waals surface area contributed by atoms with Gasteiger partial charge in [-0.15, -0.1) is 0 Å². The molecular formula is C24H26N4O3. The van der Waals surface area contributed by atoms with E-state index in [2.05, 4.69) is 16.7 Å². The van der Waals surface area contributed by atoms with Crippen LogP contribution in [0.4, 0.5) is 0 Å². The van der Waals surface area contributed by atoms with Crippen molar-refractivity contribution in [3.63, 3.8) is 0 Å². The molecule has 0 radical (unpaired) electrons. The fourth-order valence-electron chi connectivity index (χ4n) is 4.19. The van der Waals surface area contributed by atoms with Crippen molar-refractivity contribution in [2.75, 3.05) is 6.54 Å². The molecule has 1 fully saturated rings. The van der Waals surface area contributed by atoms with Gasteiger partial charge in [0, 0.05) is 19.5 Å². The molecule has 1 aliphatic rings. The van der Waals surface area contributed by atoms with E-state index in [9.17, 15) is 14.9 Å². The topological polar surface area (TPSA) is 100 Å². The normalized spacial score (nSPS) is 19.6. The van der Waals surface area contributed by atoms with Gasteiger partial charge in [0.2, 0.25) is 5.91 Å². The average Bonchev–Trinajstić information content (AvgIpc) is 3.07. The van der Waals surface area contributed by atoms with Gasteiger partial charge in [0.1, 0.15) is 6.04 Å². The Bertz CT molecular complexity index is 1190. The Labute approximate surface area is 180 Å². The second kappa shape index (κ2) is 8.78. The molecule has 1 saturated heterocycles. The average molecular weight is 418 g/mol. The quantitative estimate of drug-likeness (QED) is 0.664. The molecule has 1 aliphatic heterocycles. The van der Waals surface area contributed by atoms with Crippen molar-refractivity contribution in [3.8, 4) is 17.2 Å². The van der Waals surface area contributed by atoms with Crippen LogP contribution >= 0.6 is 0 Å². The first-order valence-corrected chi connectivity index (χ1v) is 10.6. The maximum Gasteiger partial charge on any atom is 0.419 e. The van der Waals surface area contributed by atoms with Crippen LogP contribution < -0.4 is 16.4 Å². The molecule has 31 heavy (non-hydrogen) atoms. The Hall–Kier alpha value is -3.37. The number of carbonyl (C=O) groups is 1. The van der Waals surface area contributed by atoms with Gasteiger partial charge in [-0.1, -0.05) is 30.3 Å². The number of amides is 1. The van der Waals surface area contributed by atoms with Crippen molar-refractivity contribution in [2.24, 2.45) is 13.0 Å². The summed E-state index contributed by atoms with van der Waals surface area (Å²) < 4.78 is 6.67. The number of hydrogen-bond acceptors (Lipinski definition) is 5. The van der Waals surface area contributed by atoms with E-state index in [-0.39, 0.29) is 23.6 Å². The highest BCUT2D eigenvalue weighted by Crippen LogP contribution is 2.24. The molecule has 3 atom stereocenters. The molecule has 1 aromatic heterocycles. The number of piperidine rings is 1. The van der Waals surface area contributed by atoms with Crippen LogP contribution in [-0.2, 0) is 18.3 Å². The van der Waals surface area contributed by atoms with Crippen molar-refractivity contribution in [3.05, 3.63) is 58.6 Å². The van der Waals surface area contributed by atoms with E-state index >= 15 is 0 Å². The smallest absolute Gasteiger partial charge is 0.408 e. The van der Waals surface area contributed by atoms with E-state index in [0.717, 1.165) is 41.6 Å². The van der Waals surface area contributed by atoms with Gasteiger partial charge in [0.05, 0.1) is 17.5 Å². The number of oxazole rings is 1. The van der Waals surface area contributed by atoms with Crippen LogP contribution in [0.1, 0.15) is 25.3 Å². The number of aromatic nitrogens is 1. The number of benzene rings is 2. The molecule has 7 heteroatoms. The number of nitrogens with one attached hydrogen (secondary N) is 2. The van der Waals surface area contributed by atoms with Crippen LogP contribution in [0.5, 0.6) is 0 Å². The lowest BCUT2D eigenvalue weighted by Crippen LogP contribution is -2.49. The van der Waals surface area contributed by atoms with E-state index < -0.39 is 6.04 Å². The third-order valence-electron chi connectivity index (χ3n) is 6.09. The molecule has 3 aromatic rings. The fourth-order valence-corrected chi connectivity index (χ4v) is 4.19. The van der Waals surface area contributed by atoms with Crippen molar-refractivity contribution in [2.45, 2.75) is 38.3 Å². The lowest BCUT2D eigenvalue weighted by Gasteiger charge is -2.29. The van der Waals surface area contributed by atoms with Crippen molar-refractivity contribution in [1.82, 2.24) is 15.2 Å². The molecule has 0 bridgehead atoms. The third kappa shape index (κ3) is 4.39. The van der Waals surface area contributed by atoms with Crippen LogP contribution in [0.3, 0.4) is 0 Å². The van der Waals surface area contributed by atoms with E-state index in [1.807, 2.05) is 43.3 Å². The number of aryl methyl sites for hydroxylation is 1. The first-order chi connectivity index (χ1) is 15.0. The van der Waals surface area contributed by atoms with E-state index in [1.54, 1.807) is 13.1 Å². The molecule has 2 aromatic carbocycles. The molecule has 160 valence electrons. The predicted molar refractivity (Wildman–Crippen MR) is 118 cm³/mol. The lowest BCUT2D eigenvalue weighted by atomic mass is 9.91. The minimum absolute atomic E-state index is 0.0538. The second-order valence-corrected chi connectivity index (χ2v) is 8.19. The maximum absolute atomic E-state index is 12.6. The monoisotopic (exact) mass is 418 g/mol. The number of fused-ring (bicyclic) bond motifs is 1. The highest BCUT2D eigenvalue weighted by Gasteiger charge is 2.28. The summed E-state index contributed by atoms with van der Waals surface area (Å²) in [4.78, 5) is 24.3. The summed E-state index contributed by atoms with van der Waals surface area (Å²) in [6.07, 6.45) is 2.27. The molecule has 2 N–H and O–H groups in total. The minimum Gasteiger partial charge on any atom is -0.408 e. The molecule has 0 spiro atoms. The number of carbonyl (C=O) groups excluding carboxylic acids is 1. The second-order valence-electron chi connectivity index (χ2n) is 8.19. The molecule has 0 unspecified atom stereocenters. The van der Waals surface area contributed by atoms with Gasteiger partial charge in [-0.05, 0) is 55.1 Å². The van der Waals surface area contributed by atoms with Crippen molar-refractivity contribution >= 4 is 17.0 Å². The van der Waals surface area contributed by atoms with Gasteiger partial charge in [-0.25, -0.2) is 4.79 Å². The molecule has 4 rings (SSSR count). The van der Waals surface area contributed by atoms with E-state index in [4.69, 9.17) is 4.42 Å². The van der Waals surface area contributed by atoms with E-state index in [1.165, 1.54) is 4.57 Å². The Kier molecular flexibility index (Phi) is 5.92. The summed E-state index contributed by atoms with van der Waals surface area (Å²) >= 11 is 0. The highest BCUT2D eigenvalue weighted by molar-refractivity contribution is 5.81. The van der Waals surface area contributed by atoms with Gasteiger partial charge in [-0.2, -0.15) is 5.26 Å². The van der Waals surface area contributed by atoms with Gasteiger partial charge < -0.3 is 15.1 Å². The Morgan fingerprint density at radius 2 is 2.03 bits per heavy atom. The predicted octanol–water partition coefficient (Wildman–Crippen LogP) is 2.74. The zero-order chi connectivity index (χ0) is 22.0. The van der Waals surface area contributed by atoms with Crippen molar-refractivity contribution < 1.29 is 9.21 Å². The molecule has 2 heterocycles. The largest absolute Gasteiger partial charge is 0.419 e. The van der Waals surface area contributed by atoms with Crippen molar-refractivity contribution in [1.29, 1.82) is 5.26 Å². The standard InChI is InChI=1S/C24H26N4O3/c1-15-20(4-3-11-26-15)23(29)27-19(14-25)12-16-5-7-17(8-6-16)18-9-10-22-21(13-18)28(2)24(30)31-22/h5-10,13,15,19-20,26H,3-4,11-12H2,1-2H3,(H,27,29)/t15-,19-,20-/m0/s1. The Balaban J connectivity index is 1.45. The fraction of sp³-hybridized carbons (Fsp3) is 0.375. The SMILES string of the molecule is C[C@@H]1NCCC[C@@H]1C(=O)N[C@H](C#N)Cc1ccc(-c2ccc3oc(=O)n(C)c3c2)cc1. The lowest BCUT2D eigenvalue weighted by molar-refractivity contribution is -0.126. The number of nitrogens with zero attached hydrogens (tertiary/aromatic N) is 2. The summed E-state index contributed by atoms with van der Waals surface area (Å²) in [5, 5.41) is 15.8. The van der Waals surface area contributed by atoms with Crippen LogP contribution in [0.15, 0.2) is 51.7 Å². The minimum atomic E-state index is -0.565. The Morgan fingerprint density at radius 3 is 2.74 bits per heavy atom. The summed E-state index contributed by atoms with van der Waals surface area (Å²) in [6.45, 7) is 2.95. The highest BCUT2D eigenvalue weighted by atomic mass is 16.4. The summed E-state index contributed by atoms with van der Waals surface area (Å²) in [5.74, 6) is -0.534. The zero-order valence-corrected chi connectivity index (χ0v) is 17.7. The van der Waals surface area contributed by atoms with Crippen LogP contribution in [-0.4, -0.2) is 29.1 Å². The zero-order valence-electron chi connectivity index (χ0n) is 17.7. The first kappa shape index (κ1) is 20.9. The van der Waals surface area contributed by atoms with Crippen LogP contribution in [0.25, 0.3) is 22.2 Å².